The largest absolute Gasteiger partial charge is 0.387 e. The number of nitro groups is 1. The molecular formula is C10H8ClN3O2. The zero-order chi connectivity index (χ0) is 11.7. The third-order valence-electron chi connectivity index (χ3n) is 2.21. The highest BCUT2D eigenvalue weighted by Crippen LogP contribution is 2.28. The average Bonchev–Trinajstić information content (AvgIpc) is 2.27. The number of nitrogens with zero attached hydrogens (tertiary/aromatic N) is 2. The van der Waals surface area contributed by atoms with Crippen LogP contribution in [0.5, 0.6) is 0 Å². The van der Waals surface area contributed by atoms with Crippen LogP contribution in [0.2, 0.25) is 5.02 Å². The Kier molecular flexibility index (Phi) is 2.62. The van der Waals surface area contributed by atoms with Gasteiger partial charge in [-0.2, -0.15) is 0 Å². The van der Waals surface area contributed by atoms with Gasteiger partial charge in [0.25, 0.3) is 0 Å². The Balaban J connectivity index is 2.78. The van der Waals surface area contributed by atoms with Crippen LogP contribution in [0.4, 0.5) is 11.5 Å². The number of hydrogen-bond acceptors (Lipinski definition) is 4. The van der Waals surface area contributed by atoms with E-state index in [1.165, 1.54) is 6.07 Å². The van der Waals surface area contributed by atoms with Gasteiger partial charge in [0, 0.05) is 12.1 Å². The van der Waals surface area contributed by atoms with Crippen molar-refractivity contribution in [3.8, 4) is 0 Å². The molecule has 1 aromatic carbocycles. The second kappa shape index (κ2) is 3.94. The summed E-state index contributed by atoms with van der Waals surface area (Å²) in [6.45, 7) is 0. The van der Waals surface area contributed by atoms with Gasteiger partial charge in [-0.15, -0.1) is 0 Å². The molecule has 2 aromatic rings. The SMILES string of the molecule is CNc1cc([N+](=O)[O-])nc2ccc(Cl)cc12. The first-order valence-corrected chi connectivity index (χ1v) is 4.92. The summed E-state index contributed by atoms with van der Waals surface area (Å²) in [5.41, 5.74) is 1.18. The van der Waals surface area contributed by atoms with Crippen LogP contribution in [-0.2, 0) is 0 Å². The number of aromatic nitrogens is 1. The minimum Gasteiger partial charge on any atom is -0.387 e. The molecule has 0 aliphatic heterocycles. The first-order chi connectivity index (χ1) is 7.61. The van der Waals surface area contributed by atoms with Crippen molar-refractivity contribution in [1.82, 2.24) is 4.98 Å². The molecule has 0 fully saturated rings. The van der Waals surface area contributed by atoms with Crippen molar-refractivity contribution in [3.63, 3.8) is 0 Å². The topological polar surface area (TPSA) is 68.1 Å². The Morgan fingerprint density at radius 1 is 1.44 bits per heavy atom. The Labute approximate surface area is 96.2 Å². The summed E-state index contributed by atoms with van der Waals surface area (Å²) in [7, 11) is 1.69. The summed E-state index contributed by atoms with van der Waals surface area (Å²) in [6, 6.07) is 6.42. The van der Waals surface area contributed by atoms with Crippen LogP contribution in [0.3, 0.4) is 0 Å². The lowest BCUT2D eigenvalue weighted by Crippen LogP contribution is -1.97. The Hall–Kier alpha value is -1.88. The lowest BCUT2D eigenvalue weighted by atomic mass is 10.2. The predicted molar refractivity (Wildman–Crippen MR) is 63.0 cm³/mol. The summed E-state index contributed by atoms with van der Waals surface area (Å²) in [4.78, 5) is 14.1. The standard InChI is InChI=1S/C10H8ClN3O2/c1-12-9-5-10(14(15)16)13-8-3-2-6(11)4-7(8)9/h2-5H,1H3,(H,12,13). The quantitative estimate of drug-likeness (QED) is 0.644. The van der Waals surface area contributed by atoms with Gasteiger partial charge in [0.15, 0.2) is 5.52 Å². The van der Waals surface area contributed by atoms with Gasteiger partial charge in [0.05, 0.1) is 17.1 Å². The average molecular weight is 238 g/mol. The van der Waals surface area contributed by atoms with Gasteiger partial charge in [0.1, 0.15) is 0 Å². The maximum Gasteiger partial charge on any atom is 0.366 e. The molecule has 0 spiro atoms. The molecule has 5 nitrogen and oxygen atoms in total. The van der Waals surface area contributed by atoms with Gasteiger partial charge in [-0.3, -0.25) is 0 Å². The van der Waals surface area contributed by atoms with E-state index in [9.17, 15) is 10.1 Å². The van der Waals surface area contributed by atoms with E-state index >= 15 is 0 Å². The van der Waals surface area contributed by atoms with E-state index in [0.717, 1.165) is 5.39 Å². The van der Waals surface area contributed by atoms with Gasteiger partial charge < -0.3 is 15.4 Å². The minimum absolute atomic E-state index is 0.181. The van der Waals surface area contributed by atoms with E-state index < -0.39 is 4.92 Å². The zero-order valence-electron chi connectivity index (χ0n) is 8.40. The van der Waals surface area contributed by atoms with E-state index in [1.807, 2.05) is 0 Å². The van der Waals surface area contributed by atoms with Crippen molar-refractivity contribution in [2.75, 3.05) is 12.4 Å². The van der Waals surface area contributed by atoms with Gasteiger partial charge in [0.2, 0.25) is 0 Å². The summed E-state index contributed by atoms with van der Waals surface area (Å²) in [6.07, 6.45) is 0. The smallest absolute Gasteiger partial charge is 0.366 e. The summed E-state index contributed by atoms with van der Waals surface area (Å²) in [5.74, 6) is -0.181. The van der Waals surface area contributed by atoms with Crippen LogP contribution in [-0.4, -0.2) is 17.0 Å². The number of halogens is 1. The maximum absolute atomic E-state index is 10.7. The van der Waals surface area contributed by atoms with E-state index in [1.54, 1.807) is 25.2 Å². The molecule has 0 aliphatic rings. The van der Waals surface area contributed by atoms with E-state index in [-0.39, 0.29) is 5.82 Å². The molecule has 0 atom stereocenters. The Morgan fingerprint density at radius 2 is 2.19 bits per heavy atom. The van der Waals surface area contributed by atoms with Crippen molar-refractivity contribution in [1.29, 1.82) is 0 Å². The van der Waals surface area contributed by atoms with Crippen LogP contribution in [0.15, 0.2) is 24.3 Å². The van der Waals surface area contributed by atoms with Crippen molar-refractivity contribution >= 4 is 34.0 Å². The Bertz CT molecular complexity index is 571. The van der Waals surface area contributed by atoms with Crippen LogP contribution >= 0.6 is 11.6 Å². The number of pyridine rings is 1. The second-order valence-corrected chi connectivity index (χ2v) is 3.63. The molecule has 1 N–H and O–H groups in total. The summed E-state index contributed by atoms with van der Waals surface area (Å²) >= 11 is 5.86. The molecular weight excluding hydrogens is 230 g/mol. The van der Waals surface area contributed by atoms with Crippen molar-refractivity contribution in [2.24, 2.45) is 0 Å². The molecule has 0 amide bonds. The van der Waals surface area contributed by atoms with Gasteiger partial charge in [-0.05, 0) is 28.1 Å². The zero-order valence-corrected chi connectivity index (χ0v) is 9.15. The van der Waals surface area contributed by atoms with E-state index in [2.05, 4.69) is 10.3 Å². The van der Waals surface area contributed by atoms with Gasteiger partial charge in [-0.25, -0.2) is 0 Å². The second-order valence-electron chi connectivity index (χ2n) is 3.20. The monoisotopic (exact) mass is 237 g/mol. The number of nitrogens with one attached hydrogen (secondary N) is 1. The van der Waals surface area contributed by atoms with Gasteiger partial charge in [-0.1, -0.05) is 11.6 Å². The molecule has 0 saturated heterocycles. The van der Waals surface area contributed by atoms with E-state index in [4.69, 9.17) is 11.6 Å². The number of hydrogen-bond donors (Lipinski definition) is 1. The fourth-order valence-corrected chi connectivity index (χ4v) is 1.66. The van der Waals surface area contributed by atoms with Crippen molar-refractivity contribution in [2.45, 2.75) is 0 Å². The first-order valence-electron chi connectivity index (χ1n) is 4.54. The van der Waals surface area contributed by atoms with Crippen LogP contribution in [0.1, 0.15) is 0 Å². The van der Waals surface area contributed by atoms with Gasteiger partial charge >= 0.3 is 5.82 Å². The summed E-state index contributed by atoms with van der Waals surface area (Å²) in [5, 5.41) is 14.9. The Morgan fingerprint density at radius 3 is 2.81 bits per heavy atom. The van der Waals surface area contributed by atoms with Crippen molar-refractivity contribution in [3.05, 3.63) is 39.4 Å². The lowest BCUT2D eigenvalue weighted by molar-refractivity contribution is -0.389. The number of fused-ring (bicyclic) bond motifs is 1. The molecule has 0 radical (unpaired) electrons. The minimum atomic E-state index is -0.519. The molecule has 0 saturated carbocycles. The highest BCUT2D eigenvalue weighted by Gasteiger charge is 2.14. The predicted octanol–water partition coefficient (Wildman–Crippen LogP) is 2.84. The fourth-order valence-electron chi connectivity index (χ4n) is 1.48. The molecule has 6 heteroatoms. The third-order valence-corrected chi connectivity index (χ3v) is 2.45. The summed E-state index contributed by atoms with van der Waals surface area (Å²) < 4.78 is 0. The molecule has 1 aromatic heterocycles. The normalized spacial score (nSPS) is 10.4. The van der Waals surface area contributed by atoms with Crippen LogP contribution in [0.25, 0.3) is 10.9 Å². The molecule has 1 heterocycles. The van der Waals surface area contributed by atoms with Crippen LogP contribution < -0.4 is 5.32 Å². The number of anilines is 1. The third kappa shape index (κ3) is 1.77. The maximum atomic E-state index is 10.7. The van der Waals surface area contributed by atoms with Crippen molar-refractivity contribution < 1.29 is 4.92 Å². The molecule has 82 valence electrons. The molecule has 0 aliphatic carbocycles. The highest BCUT2D eigenvalue weighted by atomic mass is 35.5. The van der Waals surface area contributed by atoms with Crippen LogP contribution in [0, 0.1) is 10.1 Å². The number of benzene rings is 1. The number of rotatable bonds is 2. The molecule has 2 rings (SSSR count). The molecule has 16 heavy (non-hydrogen) atoms. The fraction of sp³-hybridized carbons (Fsp3) is 0.100. The highest BCUT2D eigenvalue weighted by molar-refractivity contribution is 6.31. The van der Waals surface area contributed by atoms with E-state index in [0.29, 0.717) is 16.2 Å². The first kappa shape index (κ1) is 10.6. The molecule has 0 unspecified atom stereocenters. The molecule has 0 bridgehead atoms. The lowest BCUT2D eigenvalue weighted by Gasteiger charge is -2.03.